The van der Waals surface area contributed by atoms with Crippen molar-refractivity contribution in [3.05, 3.63) is 33.9 Å². The number of carbonyl (C=O) groups excluding carboxylic acids is 1. The van der Waals surface area contributed by atoms with Crippen LogP contribution < -0.4 is 0 Å². The minimum absolute atomic E-state index is 0.356. The highest BCUT2D eigenvalue weighted by Crippen LogP contribution is 2.23. The van der Waals surface area contributed by atoms with Crippen molar-refractivity contribution in [3.63, 3.8) is 0 Å². The highest BCUT2D eigenvalue weighted by Gasteiger charge is 2.23. The van der Waals surface area contributed by atoms with Gasteiger partial charge in [-0.3, -0.25) is 14.3 Å². The molecule has 0 aromatic carbocycles. The predicted octanol–water partition coefficient (Wildman–Crippen LogP) is 1.38. The van der Waals surface area contributed by atoms with E-state index in [4.69, 9.17) is 16.3 Å². The van der Waals surface area contributed by atoms with E-state index in [2.05, 4.69) is 15.1 Å². The first kappa shape index (κ1) is 15.1. The van der Waals surface area contributed by atoms with Crippen molar-refractivity contribution in [3.8, 4) is 0 Å². The molecular formula is C14H18ClN5O2. The second-order valence-electron chi connectivity index (χ2n) is 5.42. The van der Waals surface area contributed by atoms with Gasteiger partial charge in [-0.15, -0.1) is 0 Å². The number of hydrogen-bond acceptors (Lipinski definition) is 5. The van der Waals surface area contributed by atoms with Crippen molar-refractivity contribution in [1.82, 2.24) is 24.5 Å². The summed E-state index contributed by atoms with van der Waals surface area (Å²) < 4.78 is 8.27. The minimum Gasteiger partial charge on any atom is -0.464 e. The van der Waals surface area contributed by atoms with Crippen LogP contribution in [0.1, 0.15) is 27.4 Å². The lowest BCUT2D eigenvalue weighted by Crippen LogP contribution is -2.33. The van der Waals surface area contributed by atoms with Gasteiger partial charge in [-0.05, 0) is 13.0 Å². The molecule has 1 aliphatic heterocycles. The molecule has 0 radical (unpaired) electrons. The number of fused-ring (bicyclic) bond motifs is 1. The zero-order chi connectivity index (χ0) is 15.9. The van der Waals surface area contributed by atoms with Gasteiger partial charge in [-0.25, -0.2) is 4.79 Å². The summed E-state index contributed by atoms with van der Waals surface area (Å²) in [6.07, 6.45) is 0. The Bertz CT molecular complexity index is 721. The third kappa shape index (κ3) is 2.62. The van der Waals surface area contributed by atoms with Gasteiger partial charge in [0, 0.05) is 32.2 Å². The molecule has 1 aliphatic rings. The molecule has 0 saturated carbocycles. The Morgan fingerprint density at radius 2 is 2.18 bits per heavy atom. The lowest BCUT2D eigenvalue weighted by Gasteiger charge is -2.27. The van der Waals surface area contributed by atoms with Crippen LogP contribution in [-0.4, -0.2) is 44.1 Å². The Balaban J connectivity index is 1.77. The molecular weight excluding hydrogens is 306 g/mol. The van der Waals surface area contributed by atoms with Crippen LogP contribution in [0.5, 0.6) is 0 Å². The van der Waals surface area contributed by atoms with E-state index in [1.54, 1.807) is 10.7 Å². The molecule has 0 atom stereocenters. The summed E-state index contributed by atoms with van der Waals surface area (Å²) in [5, 5.41) is 9.29. The molecule has 22 heavy (non-hydrogen) atoms. The molecule has 2 aromatic rings. The van der Waals surface area contributed by atoms with Gasteiger partial charge in [0.2, 0.25) is 0 Å². The standard InChI is InChI=1S/C14H18ClN5O2/c1-9-11(13(15)18(2)16-9)8-19-4-5-20-10(7-19)6-12(17-20)14(21)22-3/h6H,4-5,7-8H2,1-3H3. The summed E-state index contributed by atoms with van der Waals surface area (Å²) in [5.74, 6) is -0.403. The van der Waals surface area contributed by atoms with Gasteiger partial charge in [0.25, 0.3) is 0 Å². The third-order valence-corrected chi connectivity index (χ3v) is 4.40. The summed E-state index contributed by atoms with van der Waals surface area (Å²) in [5.41, 5.74) is 3.35. The maximum Gasteiger partial charge on any atom is 0.358 e. The fourth-order valence-electron chi connectivity index (χ4n) is 2.74. The monoisotopic (exact) mass is 323 g/mol. The maximum absolute atomic E-state index is 11.6. The molecule has 0 fully saturated rings. The van der Waals surface area contributed by atoms with Crippen molar-refractivity contribution in [2.24, 2.45) is 7.05 Å². The van der Waals surface area contributed by atoms with E-state index in [-0.39, 0.29) is 0 Å². The first-order valence-corrected chi connectivity index (χ1v) is 7.42. The first-order valence-electron chi connectivity index (χ1n) is 7.05. The molecule has 2 aromatic heterocycles. The molecule has 3 heterocycles. The quantitative estimate of drug-likeness (QED) is 0.798. The Morgan fingerprint density at radius 1 is 1.41 bits per heavy atom. The number of aromatic nitrogens is 4. The normalized spacial score (nSPS) is 14.9. The molecule has 0 bridgehead atoms. The average molecular weight is 324 g/mol. The summed E-state index contributed by atoms with van der Waals surface area (Å²) in [6.45, 7) is 5.00. The van der Waals surface area contributed by atoms with Crippen LogP contribution in [-0.2, 0) is 31.4 Å². The van der Waals surface area contributed by atoms with Crippen molar-refractivity contribution >= 4 is 17.6 Å². The van der Waals surface area contributed by atoms with Crippen LogP contribution in [0.2, 0.25) is 5.15 Å². The zero-order valence-electron chi connectivity index (χ0n) is 12.8. The second-order valence-corrected chi connectivity index (χ2v) is 5.78. The second kappa shape index (κ2) is 5.73. The summed E-state index contributed by atoms with van der Waals surface area (Å²) in [6, 6.07) is 1.79. The number of ether oxygens (including phenoxy) is 1. The Morgan fingerprint density at radius 3 is 2.82 bits per heavy atom. The van der Waals surface area contributed by atoms with E-state index in [0.717, 1.165) is 36.6 Å². The van der Waals surface area contributed by atoms with Crippen LogP contribution in [0.25, 0.3) is 0 Å². The van der Waals surface area contributed by atoms with Crippen molar-refractivity contribution in [2.45, 2.75) is 26.6 Å². The fraction of sp³-hybridized carbons (Fsp3) is 0.500. The van der Waals surface area contributed by atoms with Gasteiger partial charge in [-0.2, -0.15) is 10.2 Å². The van der Waals surface area contributed by atoms with Crippen LogP contribution >= 0.6 is 11.6 Å². The van der Waals surface area contributed by atoms with Gasteiger partial charge in [-0.1, -0.05) is 11.6 Å². The van der Waals surface area contributed by atoms with Crippen LogP contribution in [0.15, 0.2) is 6.07 Å². The van der Waals surface area contributed by atoms with Gasteiger partial charge < -0.3 is 4.74 Å². The topological polar surface area (TPSA) is 65.2 Å². The SMILES string of the molecule is COC(=O)c1cc2n(n1)CCN(Cc1c(C)nn(C)c1Cl)C2. The van der Waals surface area contributed by atoms with E-state index in [9.17, 15) is 4.79 Å². The van der Waals surface area contributed by atoms with E-state index < -0.39 is 5.97 Å². The molecule has 0 N–H and O–H groups in total. The van der Waals surface area contributed by atoms with E-state index >= 15 is 0 Å². The van der Waals surface area contributed by atoms with Crippen molar-refractivity contribution in [1.29, 1.82) is 0 Å². The highest BCUT2D eigenvalue weighted by molar-refractivity contribution is 6.30. The zero-order valence-corrected chi connectivity index (χ0v) is 13.6. The van der Waals surface area contributed by atoms with Crippen molar-refractivity contribution in [2.75, 3.05) is 13.7 Å². The summed E-state index contributed by atoms with van der Waals surface area (Å²) in [4.78, 5) is 13.8. The van der Waals surface area contributed by atoms with Gasteiger partial charge in [0.15, 0.2) is 5.69 Å². The number of rotatable bonds is 3. The van der Waals surface area contributed by atoms with Crippen LogP contribution in [0.4, 0.5) is 0 Å². The minimum atomic E-state index is -0.403. The lowest BCUT2D eigenvalue weighted by molar-refractivity contribution is 0.0593. The number of halogens is 1. The maximum atomic E-state index is 11.6. The highest BCUT2D eigenvalue weighted by atomic mass is 35.5. The lowest BCUT2D eigenvalue weighted by atomic mass is 10.2. The Hall–Kier alpha value is -1.86. The number of aryl methyl sites for hydroxylation is 2. The third-order valence-electron chi connectivity index (χ3n) is 3.92. The van der Waals surface area contributed by atoms with Gasteiger partial charge >= 0.3 is 5.97 Å². The smallest absolute Gasteiger partial charge is 0.358 e. The molecule has 118 valence electrons. The number of nitrogens with zero attached hydrogens (tertiary/aromatic N) is 5. The van der Waals surface area contributed by atoms with E-state index in [1.165, 1.54) is 7.11 Å². The molecule has 0 amide bonds. The Kier molecular flexibility index (Phi) is 3.92. The van der Waals surface area contributed by atoms with Crippen LogP contribution in [0, 0.1) is 6.92 Å². The van der Waals surface area contributed by atoms with E-state index in [1.807, 2.05) is 18.7 Å². The van der Waals surface area contributed by atoms with Gasteiger partial charge in [0.1, 0.15) is 5.15 Å². The molecule has 3 rings (SSSR count). The summed E-state index contributed by atoms with van der Waals surface area (Å²) in [7, 11) is 3.20. The first-order chi connectivity index (χ1) is 10.5. The molecule has 8 heteroatoms. The van der Waals surface area contributed by atoms with Crippen molar-refractivity contribution < 1.29 is 9.53 Å². The predicted molar refractivity (Wildman–Crippen MR) is 80.6 cm³/mol. The van der Waals surface area contributed by atoms with E-state index in [0.29, 0.717) is 17.4 Å². The molecule has 7 nitrogen and oxygen atoms in total. The Labute approximate surface area is 133 Å². The largest absolute Gasteiger partial charge is 0.464 e. The number of methoxy groups -OCH3 is 1. The molecule has 0 saturated heterocycles. The fourth-order valence-corrected chi connectivity index (χ4v) is 2.97. The van der Waals surface area contributed by atoms with Gasteiger partial charge in [0.05, 0.1) is 25.0 Å². The number of hydrogen-bond donors (Lipinski definition) is 0. The average Bonchev–Trinajstić information content (AvgIpc) is 3.02. The van der Waals surface area contributed by atoms with Crippen LogP contribution in [0.3, 0.4) is 0 Å². The molecule has 0 aliphatic carbocycles. The summed E-state index contributed by atoms with van der Waals surface area (Å²) >= 11 is 6.29. The number of esters is 1. The molecule has 0 unspecified atom stereocenters. The number of carbonyl (C=O) groups is 1. The molecule has 0 spiro atoms.